The van der Waals surface area contributed by atoms with Crippen LogP contribution in [0.15, 0.2) is 22.7 Å². The van der Waals surface area contributed by atoms with Gasteiger partial charge in [-0.05, 0) is 48.1 Å². The smallest absolute Gasteiger partial charge is 0.255 e. The predicted octanol–water partition coefficient (Wildman–Crippen LogP) is 2.88. The van der Waals surface area contributed by atoms with Crippen molar-refractivity contribution in [2.24, 2.45) is 0 Å². The van der Waals surface area contributed by atoms with Crippen molar-refractivity contribution in [3.05, 3.63) is 33.3 Å². The molecule has 1 fully saturated rings. The summed E-state index contributed by atoms with van der Waals surface area (Å²) in [6.07, 6.45) is 0. The van der Waals surface area contributed by atoms with E-state index in [0.29, 0.717) is 16.6 Å². The second kappa shape index (κ2) is 5.59. The molecule has 1 aliphatic rings. The molecule has 1 saturated heterocycles. The first-order valence-corrected chi connectivity index (χ1v) is 7.10. The maximum absolute atomic E-state index is 12.4. The first-order valence-electron chi connectivity index (χ1n) is 5.93. The number of nitrogens with zero attached hydrogens (tertiary/aromatic N) is 2. The van der Waals surface area contributed by atoms with E-state index in [1.165, 1.54) is 0 Å². The van der Waals surface area contributed by atoms with E-state index in [4.69, 9.17) is 11.6 Å². The van der Waals surface area contributed by atoms with Crippen molar-refractivity contribution in [1.29, 1.82) is 0 Å². The maximum Gasteiger partial charge on any atom is 0.255 e. The fourth-order valence-corrected chi connectivity index (χ4v) is 2.92. The van der Waals surface area contributed by atoms with Crippen LogP contribution in [0.1, 0.15) is 17.3 Å². The quantitative estimate of drug-likeness (QED) is 0.790. The third kappa shape index (κ3) is 2.87. The molecule has 1 aromatic rings. The number of carbonyl (C=O) groups excluding carboxylic acids is 1. The van der Waals surface area contributed by atoms with Gasteiger partial charge in [0.05, 0.1) is 5.56 Å². The van der Waals surface area contributed by atoms with Crippen LogP contribution in [0.4, 0.5) is 0 Å². The fraction of sp³-hybridized carbons (Fsp3) is 0.462. The number of benzene rings is 1. The number of piperazine rings is 1. The van der Waals surface area contributed by atoms with Crippen molar-refractivity contribution in [2.75, 3.05) is 26.7 Å². The molecule has 1 amide bonds. The van der Waals surface area contributed by atoms with E-state index in [0.717, 1.165) is 24.1 Å². The number of hydrogen-bond acceptors (Lipinski definition) is 2. The first-order chi connectivity index (χ1) is 8.49. The molecule has 0 bridgehead atoms. The van der Waals surface area contributed by atoms with Gasteiger partial charge in [-0.15, -0.1) is 0 Å². The predicted molar refractivity (Wildman–Crippen MR) is 77.1 cm³/mol. The molecule has 0 N–H and O–H groups in total. The van der Waals surface area contributed by atoms with Gasteiger partial charge in [-0.1, -0.05) is 11.6 Å². The summed E-state index contributed by atoms with van der Waals surface area (Å²) in [5, 5.41) is 0.630. The van der Waals surface area contributed by atoms with Gasteiger partial charge in [0.15, 0.2) is 0 Å². The van der Waals surface area contributed by atoms with E-state index in [9.17, 15) is 4.79 Å². The van der Waals surface area contributed by atoms with Gasteiger partial charge in [0.1, 0.15) is 0 Å². The number of hydrogen-bond donors (Lipinski definition) is 0. The molecule has 0 saturated carbocycles. The van der Waals surface area contributed by atoms with Crippen molar-refractivity contribution in [1.82, 2.24) is 9.80 Å². The number of carbonyl (C=O) groups is 1. The lowest BCUT2D eigenvalue weighted by molar-refractivity contribution is 0.0571. The molecule has 1 heterocycles. The minimum atomic E-state index is 0.0680. The molecule has 0 spiro atoms. The minimum Gasteiger partial charge on any atom is -0.336 e. The monoisotopic (exact) mass is 330 g/mol. The van der Waals surface area contributed by atoms with E-state index in [-0.39, 0.29) is 5.91 Å². The minimum absolute atomic E-state index is 0.0680. The molecule has 2 rings (SSSR count). The SMILES string of the molecule is CC1CN(C(=O)c2ccc(Cl)cc2Br)CCN1C. The maximum atomic E-state index is 12.4. The van der Waals surface area contributed by atoms with Gasteiger partial charge in [0.2, 0.25) is 0 Å². The molecular weight excluding hydrogens is 316 g/mol. The Morgan fingerprint density at radius 2 is 2.17 bits per heavy atom. The van der Waals surface area contributed by atoms with Crippen molar-refractivity contribution >= 4 is 33.4 Å². The van der Waals surface area contributed by atoms with Crippen LogP contribution in [0.5, 0.6) is 0 Å². The van der Waals surface area contributed by atoms with Gasteiger partial charge in [-0.3, -0.25) is 4.79 Å². The fourth-order valence-electron chi connectivity index (χ4n) is 2.07. The van der Waals surface area contributed by atoms with E-state index >= 15 is 0 Å². The summed E-state index contributed by atoms with van der Waals surface area (Å²) in [7, 11) is 2.09. The van der Waals surface area contributed by atoms with Gasteiger partial charge in [-0.25, -0.2) is 0 Å². The average molecular weight is 332 g/mol. The third-order valence-corrected chi connectivity index (χ3v) is 4.30. The lowest BCUT2D eigenvalue weighted by Gasteiger charge is -2.37. The van der Waals surface area contributed by atoms with Crippen LogP contribution < -0.4 is 0 Å². The molecule has 1 aliphatic heterocycles. The Kier molecular flexibility index (Phi) is 4.30. The Hall–Kier alpha value is -0.580. The van der Waals surface area contributed by atoms with E-state index < -0.39 is 0 Å². The number of likely N-dealkylation sites (N-methyl/N-ethyl adjacent to an activating group) is 1. The molecule has 5 heteroatoms. The Bertz CT molecular complexity index is 466. The second-order valence-corrected chi connectivity index (χ2v) is 6.00. The highest BCUT2D eigenvalue weighted by Gasteiger charge is 2.26. The summed E-state index contributed by atoms with van der Waals surface area (Å²) in [6.45, 7) is 4.59. The van der Waals surface area contributed by atoms with Crippen LogP contribution in [0.2, 0.25) is 5.02 Å². The Morgan fingerprint density at radius 1 is 1.44 bits per heavy atom. The third-order valence-electron chi connectivity index (χ3n) is 3.41. The molecule has 18 heavy (non-hydrogen) atoms. The number of halogens is 2. The lowest BCUT2D eigenvalue weighted by Crippen LogP contribution is -2.52. The molecule has 98 valence electrons. The van der Waals surface area contributed by atoms with Crippen LogP contribution in [-0.2, 0) is 0 Å². The van der Waals surface area contributed by atoms with Crippen LogP contribution in [0, 0.1) is 0 Å². The standard InChI is InChI=1S/C13H16BrClN2O/c1-9-8-17(6-5-16(9)2)13(18)11-4-3-10(15)7-12(11)14/h3-4,7,9H,5-6,8H2,1-2H3. The average Bonchev–Trinajstić information content (AvgIpc) is 2.32. The second-order valence-electron chi connectivity index (χ2n) is 4.70. The molecular formula is C13H16BrClN2O. The summed E-state index contributed by atoms with van der Waals surface area (Å²) in [4.78, 5) is 16.6. The highest BCUT2D eigenvalue weighted by Crippen LogP contribution is 2.23. The molecule has 1 aromatic carbocycles. The lowest BCUT2D eigenvalue weighted by atomic mass is 10.1. The van der Waals surface area contributed by atoms with Crippen LogP contribution in [0.3, 0.4) is 0 Å². The zero-order chi connectivity index (χ0) is 13.3. The van der Waals surface area contributed by atoms with Gasteiger partial charge >= 0.3 is 0 Å². The van der Waals surface area contributed by atoms with Crippen molar-refractivity contribution in [3.63, 3.8) is 0 Å². The first kappa shape index (κ1) is 13.8. The Balaban J connectivity index is 2.16. The molecule has 1 unspecified atom stereocenters. The van der Waals surface area contributed by atoms with Gasteiger partial charge < -0.3 is 9.80 Å². The van der Waals surface area contributed by atoms with E-state index in [1.807, 2.05) is 4.90 Å². The Morgan fingerprint density at radius 3 is 2.78 bits per heavy atom. The summed E-state index contributed by atoms with van der Waals surface area (Å²) < 4.78 is 0.756. The van der Waals surface area contributed by atoms with Crippen molar-refractivity contribution in [2.45, 2.75) is 13.0 Å². The number of amides is 1. The van der Waals surface area contributed by atoms with Crippen molar-refractivity contribution in [3.8, 4) is 0 Å². The zero-order valence-corrected chi connectivity index (χ0v) is 12.8. The Labute approximate surface area is 121 Å². The largest absolute Gasteiger partial charge is 0.336 e. The summed E-state index contributed by atoms with van der Waals surface area (Å²) in [5.74, 6) is 0.0680. The van der Waals surface area contributed by atoms with Crippen LogP contribution in [0.25, 0.3) is 0 Å². The normalized spacial score (nSPS) is 21.1. The molecule has 0 aliphatic carbocycles. The molecule has 1 atom stereocenters. The van der Waals surface area contributed by atoms with Crippen LogP contribution >= 0.6 is 27.5 Å². The highest BCUT2D eigenvalue weighted by atomic mass is 79.9. The topological polar surface area (TPSA) is 23.6 Å². The van der Waals surface area contributed by atoms with Gasteiger partial charge in [0.25, 0.3) is 5.91 Å². The van der Waals surface area contributed by atoms with E-state index in [2.05, 4.69) is 34.8 Å². The van der Waals surface area contributed by atoms with Gasteiger partial charge in [-0.2, -0.15) is 0 Å². The molecule has 0 aromatic heterocycles. The summed E-state index contributed by atoms with van der Waals surface area (Å²) in [6, 6.07) is 5.68. The zero-order valence-electron chi connectivity index (χ0n) is 10.5. The van der Waals surface area contributed by atoms with Crippen molar-refractivity contribution < 1.29 is 4.79 Å². The highest BCUT2D eigenvalue weighted by molar-refractivity contribution is 9.10. The van der Waals surface area contributed by atoms with Gasteiger partial charge in [0, 0.05) is 35.2 Å². The summed E-state index contributed by atoms with van der Waals surface area (Å²) in [5.41, 5.74) is 0.677. The van der Waals surface area contributed by atoms with E-state index in [1.54, 1.807) is 18.2 Å². The number of rotatable bonds is 1. The summed E-state index contributed by atoms with van der Waals surface area (Å²) >= 11 is 9.29. The van der Waals surface area contributed by atoms with Crippen LogP contribution in [-0.4, -0.2) is 48.4 Å². The molecule has 0 radical (unpaired) electrons. The molecule has 3 nitrogen and oxygen atoms in total.